The van der Waals surface area contributed by atoms with Crippen molar-refractivity contribution in [1.29, 1.82) is 0 Å². The molecule has 1 atom stereocenters. The zero-order valence-electron chi connectivity index (χ0n) is 13.7. The van der Waals surface area contributed by atoms with Crippen molar-refractivity contribution in [1.82, 2.24) is 5.32 Å². The van der Waals surface area contributed by atoms with Crippen LogP contribution in [-0.2, 0) is 6.42 Å². The number of methoxy groups -OCH3 is 2. The summed E-state index contributed by atoms with van der Waals surface area (Å²) >= 11 is 3.57. The molecule has 0 aliphatic carbocycles. The SMILES string of the molecule is CCCNC(CCC)CCc1ccc(OC)c(Br)c1OC. The van der Waals surface area contributed by atoms with E-state index in [-0.39, 0.29) is 0 Å². The van der Waals surface area contributed by atoms with E-state index in [1.165, 1.54) is 24.8 Å². The Kier molecular flexibility index (Phi) is 8.77. The minimum atomic E-state index is 0.584. The van der Waals surface area contributed by atoms with Gasteiger partial charge in [-0.1, -0.05) is 26.3 Å². The van der Waals surface area contributed by atoms with Crippen LogP contribution in [0.1, 0.15) is 45.1 Å². The van der Waals surface area contributed by atoms with Crippen molar-refractivity contribution in [3.8, 4) is 11.5 Å². The molecule has 0 radical (unpaired) electrons. The summed E-state index contributed by atoms with van der Waals surface area (Å²) in [5.74, 6) is 1.70. The summed E-state index contributed by atoms with van der Waals surface area (Å²) in [5, 5.41) is 3.64. The van der Waals surface area contributed by atoms with Crippen molar-refractivity contribution in [2.45, 2.75) is 52.0 Å². The molecule has 4 heteroatoms. The molecule has 3 nitrogen and oxygen atoms in total. The number of hydrogen-bond acceptors (Lipinski definition) is 3. The number of hydrogen-bond donors (Lipinski definition) is 1. The van der Waals surface area contributed by atoms with Crippen molar-refractivity contribution in [2.24, 2.45) is 0 Å². The van der Waals surface area contributed by atoms with E-state index in [0.29, 0.717) is 6.04 Å². The van der Waals surface area contributed by atoms with E-state index in [9.17, 15) is 0 Å². The van der Waals surface area contributed by atoms with Crippen LogP contribution in [0.4, 0.5) is 0 Å². The lowest BCUT2D eigenvalue weighted by molar-refractivity contribution is 0.383. The number of halogens is 1. The molecule has 1 aromatic rings. The Labute approximate surface area is 137 Å². The fourth-order valence-corrected chi connectivity index (χ4v) is 3.24. The Morgan fingerprint density at radius 2 is 1.86 bits per heavy atom. The van der Waals surface area contributed by atoms with E-state index in [1.807, 2.05) is 6.07 Å². The first-order valence-electron chi connectivity index (χ1n) is 7.80. The van der Waals surface area contributed by atoms with Crippen molar-refractivity contribution in [2.75, 3.05) is 20.8 Å². The summed E-state index contributed by atoms with van der Waals surface area (Å²) in [6, 6.07) is 4.68. The average Bonchev–Trinajstić information content (AvgIpc) is 2.50. The molecule has 1 rings (SSSR count). The zero-order valence-corrected chi connectivity index (χ0v) is 15.3. The normalized spacial score (nSPS) is 12.2. The monoisotopic (exact) mass is 357 g/mol. The second-order valence-electron chi connectivity index (χ2n) is 5.25. The molecular weight excluding hydrogens is 330 g/mol. The standard InChI is InChI=1S/C17H28BrNO2/c1-5-7-14(19-12-6-2)10-8-13-9-11-15(20-3)16(18)17(13)21-4/h9,11,14,19H,5-8,10,12H2,1-4H3. The van der Waals surface area contributed by atoms with Gasteiger partial charge in [0.25, 0.3) is 0 Å². The predicted octanol–water partition coefficient (Wildman–Crippen LogP) is 4.57. The predicted molar refractivity (Wildman–Crippen MR) is 92.6 cm³/mol. The number of ether oxygens (including phenoxy) is 2. The largest absolute Gasteiger partial charge is 0.495 e. The van der Waals surface area contributed by atoms with Gasteiger partial charge in [0.1, 0.15) is 16.0 Å². The zero-order chi connectivity index (χ0) is 15.7. The lowest BCUT2D eigenvalue weighted by Crippen LogP contribution is -2.30. The van der Waals surface area contributed by atoms with E-state index in [4.69, 9.17) is 9.47 Å². The van der Waals surface area contributed by atoms with Crippen LogP contribution in [0, 0.1) is 0 Å². The van der Waals surface area contributed by atoms with Crippen molar-refractivity contribution in [3.63, 3.8) is 0 Å². The van der Waals surface area contributed by atoms with E-state index >= 15 is 0 Å². The molecule has 0 heterocycles. The lowest BCUT2D eigenvalue weighted by atomic mass is 10.0. The Hall–Kier alpha value is -0.740. The summed E-state index contributed by atoms with van der Waals surface area (Å²) in [4.78, 5) is 0. The molecule has 0 saturated heterocycles. The topological polar surface area (TPSA) is 30.5 Å². The molecule has 0 spiro atoms. The quantitative estimate of drug-likeness (QED) is 0.665. The van der Waals surface area contributed by atoms with Gasteiger partial charge in [0, 0.05) is 6.04 Å². The minimum absolute atomic E-state index is 0.584. The maximum atomic E-state index is 5.54. The first-order chi connectivity index (χ1) is 10.2. The molecule has 1 N–H and O–H groups in total. The highest BCUT2D eigenvalue weighted by Gasteiger charge is 2.14. The van der Waals surface area contributed by atoms with Gasteiger partial charge in [0.15, 0.2) is 0 Å². The number of aryl methyl sites for hydroxylation is 1. The van der Waals surface area contributed by atoms with E-state index in [1.54, 1.807) is 14.2 Å². The van der Waals surface area contributed by atoms with Crippen LogP contribution in [0.15, 0.2) is 16.6 Å². The maximum Gasteiger partial charge on any atom is 0.139 e. The van der Waals surface area contributed by atoms with Crippen LogP contribution in [0.3, 0.4) is 0 Å². The first-order valence-corrected chi connectivity index (χ1v) is 8.59. The Balaban J connectivity index is 2.74. The van der Waals surface area contributed by atoms with E-state index < -0.39 is 0 Å². The molecule has 0 bridgehead atoms. The number of benzene rings is 1. The smallest absolute Gasteiger partial charge is 0.139 e. The molecule has 0 aliphatic heterocycles. The number of rotatable bonds is 10. The van der Waals surface area contributed by atoms with Gasteiger partial charge in [-0.25, -0.2) is 0 Å². The summed E-state index contributed by atoms with van der Waals surface area (Å²) in [6.45, 7) is 5.54. The average molecular weight is 358 g/mol. The summed E-state index contributed by atoms with van der Waals surface area (Å²) in [7, 11) is 3.38. The van der Waals surface area contributed by atoms with Crippen LogP contribution in [-0.4, -0.2) is 26.8 Å². The second-order valence-corrected chi connectivity index (χ2v) is 6.05. The Bertz CT molecular complexity index is 423. The lowest BCUT2D eigenvalue weighted by Gasteiger charge is -2.19. The van der Waals surface area contributed by atoms with Crippen LogP contribution in [0.2, 0.25) is 0 Å². The highest BCUT2D eigenvalue weighted by atomic mass is 79.9. The second kappa shape index (κ2) is 10.1. The Morgan fingerprint density at radius 3 is 2.43 bits per heavy atom. The van der Waals surface area contributed by atoms with Crippen molar-refractivity contribution in [3.05, 3.63) is 22.2 Å². The summed E-state index contributed by atoms with van der Waals surface area (Å²) < 4.78 is 11.8. The van der Waals surface area contributed by atoms with Gasteiger partial charge in [-0.15, -0.1) is 0 Å². The highest BCUT2D eigenvalue weighted by Crippen LogP contribution is 2.37. The third kappa shape index (κ3) is 5.51. The fraction of sp³-hybridized carbons (Fsp3) is 0.647. The molecule has 0 amide bonds. The molecule has 120 valence electrons. The molecule has 0 aliphatic rings. The van der Waals surface area contributed by atoms with E-state index in [2.05, 4.69) is 41.2 Å². The summed E-state index contributed by atoms with van der Waals surface area (Å²) in [5.41, 5.74) is 1.23. The molecule has 0 saturated carbocycles. The van der Waals surface area contributed by atoms with Gasteiger partial charge >= 0.3 is 0 Å². The van der Waals surface area contributed by atoms with Crippen LogP contribution >= 0.6 is 15.9 Å². The molecule has 0 fully saturated rings. The summed E-state index contributed by atoms with van der Waals surface area (Å²) in [6.07, 6.45) is 5.75. The highest BCUT2D eigenvalue weighted by molar-refractivity contribution is 9.10. The van der Waals surface area contributed by atoms with Crippen molar-refractivity contribution < 1.29 is 9.47 Å². The third-order valence-corrected chi connectivity index (χ3v) is 4.40. The van der Waals surface area contributed by atoms with Gasteiger partial charge in [-0.3, -0.25) is 0 Å². The van der Waals surface area contributed by atoms with Gasteiger partial charge < -0.3 is 14.8 Å². The molecule has 1 aromatic carbocycles. The van der Waals surface area contributed by atoms with Gasteiger partial charge in [0.05, 0.1) is 14.2 Å². The van der Waals surface area contributed by atoms with Crippen molar-refractivity contribution >= 4 is 15.9 Å². The molecular formula is C17H28BrNO2. The number of nitrogens with one attached hydrogen (secondary N) is 1. The van der Waals surface area contributed by atoms with Gasteiger partial charge in [0.2, 0.25) is 0 Å². The molecule has 21 heavy (non-hydrogen) atoms. The maximum absolute atomic E-state index is 5.54. The van der Waals surface area contributed by atoms with Crippen LogP contribution in [0.25, 0.3) is 0 Å². The van der Waals surface area contributed by atoms with Gasteiger partial charge in [-0.05, 0) is 59.8 Å². The van der Waals surface area contributed by atoms with E-state index in [0.717, 1.165) is 35.4 Å². The van der Waals surface area contributed by atoms with Crippen LogP contribution in [0.5, 0.6) is 11.5 Å². The van der Waals surface area contributed by atoms with Gasteiger partial charge in [-0.2, -0.15) is 0 Å². The fourth-order valence-electron chi connectivity index (χ4n) is 2.53. The Morgan fingerprint density at radius 1 is 1.10 bits per heavy atom. The van der Waals surface area contributed by atoms with Crippen LogP contribution < -0.4 is 14.8 Å². The molecule has 0 aromatic heterocycles. The minimum Gasteiger partial charge on any atom is -0.495 e. The third-order valence-electron chi connectivity index (χ3n) is 3.65. The first kappa shape index (κ1) is 18.3. The molecule has 1 unspecified atom stereocenters.